The van der Waals surface area contributed by atoms with E-state index in [1.54, 1.807) is 12.1 Å². The predicted octanol–water partition coefficient (Wildman–Crippen LogP) is 5.33. The van der Waals surface area contributed by atoms with Gasteiger partial charge in [-0.15, -0.1) is 0 Å². The topological polar surface area (TPSA) is 113 Å². The van der Waals surface area contributed by atoms with Crippen molar-refractivity contribution in [2.45, 2.75) is 50.5 Å². The predicted molar refractivity (Wildman–Crippen MR) is 132 cm³/mol. The first-order chi connectivity index (χ1) is 17.5. The highest BCUT2D eigenvalue weighted by Crippen LogP contribution is 2.48. The molecule has 3 heterocycles. The molecule has 2 aromatic carbocycles. The molecule has 0 saturated carbocycles. The van der Waals surface area contributed by atoms with Crippen LogP contribution < -0.4 is 4.74 Å². The minimum absolute atomic E-state index is 0.0115. The summed E-state index contributed by atoms with van der Waals surface area (Å²) >= 11 is 0. The third kappa shape index (κ3) is 3.73. The molecule has 2 N–H and O–H groups in total. The summed E-state index contributed by atoms with van der Waals surface area (Å²) in [5.41, 5.74) is 0.164. The van der Waals surface area contributed by atoms with Crippen molar-refractivity contribution in [2.75, 3.05) is 13.7 Å². The lowest BCUT2D eigenvalue weighted by Gasteiger charge is -2.28. The van der Waals surface area contributed by atoms with Gasteiger partial charge >= 0.3 is 5.97 Å². The molecule has 8 nitrogen and oxygen atoms in total. The Morgan fingerprint density at radius 1 is 1.41 bits per heavy atom. The van der Waals surface area contributed by atoms with Crippen molar-refractivity contribution in [3.63, 3.8) is 0 Å². The fourth-order valence-electron chi connectivity index (χ4n) is 5.44. The van der Waals surface area contributed by atoms with Gasteiger partial charge in [-0.3, -0.25) is 5.10 Å². The van der Waals surface area contributed by atoms with E-state index in [-0.39, 0.29) is 36.1 Å². The largest absolute Gasteiger partial charge is 0.494 e. The zero-order valence-corrected chi connectivity index (χ0v) is 20.9. The second-order valence-electron chi connectivity index (χ2n) is 10.3. The number of halogens is 2. The Labute approximate surface area is 211 Å². The molecule has 1 aliphatic rings. The molecule has 10 heteroatoms. The maximum absolute atomic E-state index is 16.3. The Bertz CT molecular complexity index is 1600. The van der Waals surface area contributed by atoms with E-state index in [0.29, 0.717) is 27.8 Å². The molecule has 1 fully saturated rings. The maximum atomic E-state index is 16.3. The van der Waals surface area contributed by atoms with Gasteiger partial charge < -0.3 is 19.1 Å². The molecule has 192 valence electrons. The lowest BCUT2D eigenvalue weighted by Crippen LogP contribution is -2.34. The van der Waals surface area contributed by atoms with Gasteiger partial charge in [-0.05, 0) is 37.1 Å². The summed E-state index contributed by atoms with van der Waals surface area (Å²) in [6, 6.07) is 8.37. The number of aromatic amines is 1. The molecule has 0 radical (unpaired) electrons. The molecule has 0 bridgehead atoms. The highest BCUT2D eigenvalue weighted by atomic mass is 19.1. The van der Waals surface area contributed by atoms with Crippen LogP contribution in [0.5, 0.6) is 5.75 Å². The van der Waals surface area contributed by atoms with Crippen molar-refractivity contribution in [1.82, 2.24) is 14.8 Å². The van der Waals surface area contributed by atoms with Gasteiger partial charge in [0.25, 0.3) is 0 Å². The standard InChI is InChI=1S/C27H26F2N4O4/c1-26(2,7-8-30)24-20(15-11-27(3,25(34)35)37-13-15)21-18(9-14-12-31-32-23(14)22(21)29)33(24)16-5-6-17(28)19(10-16)36-4/h5-6,9-10,12,15H,7,11,13H2,1-4H3,(H,31,32)(H,34,35)/t15-,27+/m0/s1. The van der Waals surface area contributed by atoms with Gasteiger partial charge in [0.05, 0.1) is 31.5 Å². The lowest BCUT2D eigenvalue weighted by atomic mass is 9.79. The van der Waals surface area contributed by atoms with E-state index >= 15 is 4.39 Å². The van der Waals surface area contributed by atoms with Crippen LogP contribution in [0.2, 0.25) is 0 Å². The molecule has 1 saturated heterocycles. The molecule has 0 unspecified atom stereocenters. The maximum Gasteiger partial charge on any atom is 0.335 e. The first kappa shape index (κ1) is 24.7. The number of hydrogen-bond acceptors (Lipinski definition) is 5. The molecule has 0 aliphatic carbocycles. The number of aromatic nitrogens is 3. The number of ether oxygens (including phenoxy) is 2. The van der Waals surface area contributed by atoms with Crippen LogP contribution in [0.25, 0.3) is 27.5 Å². The van der Waals surface area contributed by atoms with E-state index < -0.39 is 34.5 Å². The monoisotopic (exact) mass is 508 g/mol. The zero-order chi connectivity index (χ0) is 26.7. The summed E-state index contributed by atoms with van der Waals surface area (Å²) < 4.78 is 43.4. The third-order valence-corrected chi connectivity index (χ3v) is 7.30. The second-order valence-corrected chi connectivity index (χ2v) is 10.3. The smallest absolute Gasteiger partial charge is 0.335 e. The average Bonchev–Trinajstić information content (AvgIpc) is 3.56. The first-order valence-corrected chi connectivity index (χ1v) is 11.8. The zero-order valence-electron chi connectivity index (χ0n) is 20.9. The molecule has 37 heavy (non-hydrogen) atoms. The Morgan fingerprint density at radius 2 is 2.16 bits per heavy atom. The van der Waals surface area contributed by atoms with Crippen molar-refractivity contribution < 1.29 is 28.2 Å². The van der Waals surface area contributed by atoms with Crippen molar-refractivity contribution in [3.05, 3.63) is 53.4 Å². The molecule has 5 rings (SSSR count). The van der Waals surface area contributed by atoms with Crippen molar-refractivity contribution >= 4 is 27.8 Å². The number of hydrogen-bond donors (Lipinski definition) is 2. The Kier molecular flexibility index (Phi) is 5.72. The number of carboxylic acid groups (broad SMARTS) is 1. The third-order valence-electron chi connectivity index (χ3n) is 7.30. The minimum atomic E-state index is -1.44. The van der Waals surface area contributed by atoms with Gasteiger partial charge in [-0.2, -0.15) is 10.4 Å². The average molecular weight is 509 g/mol. The van der Waals surface area contributed by atoms with Crippen molar-refractivity contribution in [2.24, 2.45) is 0 Å². The van der Waals surface area contributed by atoms with E-state index in [0.717, 1.165) is 0 Å². The normalized spacial score (nSPS) is 20.0. The van der Waals surface area contributed by atoms with Gasteiger partial charge in [0, 0.05) is 46.0 Å². The van der Waals surface area contributed by atoms with Crippen LogP contribution in [0.15, 0.2) is 30.5 Å². The highest BCUT2D eigenvalue weighted by molar-refractivity contribution is 6.00. The van der Waals surface area contributed by atoms with Crippen LogP contribution in [0.4, 0.5) is 8.78 Å². The quantitative estimate of drug-likeness (QED) is 0.364. The molecule has 0 spiro atoms. The number of methoxy groups -OCH3 is 1. The van der Waals surface area contributed by atoms with E-state index in [2.05, 4.69) is 16.3 Å². The molecule has 1 aliphatic heterocycles. The van der Waals surface area contributed by atoms with Gasteiger partial charge in [0.2, 0.25) is 0 Å². The number of benzene rings is 2. The summed E-state index contributed by atoms with van der Waals surface area (Å²) in [6.07, 6.45) is 1.73. The fourth-order valence-corrected chi connectivity index (χ4v) is 5.44. The van der Waals surface area contributed by atoms with Gasteiger partial charge in [0.1, 0.15) is 5.52 Å². The first-order valence-electron chi connectivity index (χ1n) is 11.8. The van der Waals surface area contributed by atoms with E-state index in [4.69, 9.17) is 9.47 Å². The molecular formula is C27H26F2N4O4. The Hall–Kier alpha value is -3.97. The Balaban J connectivity index is 1.94. The van der Waals surface area contributed by atoms with Gasteiger partial charge in [0.15, 0.2) is 23.0 Å². The SMILES string of the molecule is COc1cc(-n2c(C(C)(C)CC#N)c([C@@H]3CO[C@@](C)(C(=O)O)C3)c3c(F)c4[nH]ncc4cc32)ccc1F. The summed E-state index contributed by atoms with van der Waals surface area (Å²) in [6.45, 7) is 5.32. The van der Waals surface area contributed by atoms with Crippen LogP contribution in [-0.4, -0.2) is 45.2 Å². The molecule has 2 atom stereocenters. The number of nitrogens with zero attached hydrogens (tertiary/aromatic N) is 3. The summed E-state index contributed by atoms with van der Waals surface area (Å²) in [7, 11) is 1.36. The number of rotatable bonds is 6. The van der Waals surface area contributed by atoms with Crippen LogP contribution >= 0.6 is 0 Å². The molecule has 0 amide bonds. The van der Waals surface area contributed by atoms with Crippen LogP contribution in [0, 0.1) is 23.0 Å². The van der Waals surface area contributed by atoms with Gasteiger partial charge in [-0.1, -0.05) is 13.8 Å². The summed E-state index contributed by atoms with van der Waals surface area (Å²) in [5.74, 6) is -2.65. The summed E-state index contributed by atoms with van der Waals surface area (Å²) in [5, 5.41) is 27.0. The molecular weight excluding hydrogens is 482 g/mol. The van der Waals surface area contributed by atoms with Crippen molar-refractivity contribution in [3.8, 4) is 17.5 Å². The number of H-pyrrole nitrogens is 1. The fraction of sp³-hybridized carbons (Fsp3) is 0.370. The minimum Gasteiger partial charge on any atom is -0.494 e. The number of carboxylic acids is 1. The number of fused-ring (bicyclic) bond motifs is 2. The highest BCUT2D eigenvalue weighted by Gasteiger charge is 2.46. The van der Waals surface area contributed by atoms with E-state index in [1.165, 1.54) is 32.4 Å². The molecule has 4 aromatic rings. The number of nitriles is 1. The van der Waals surface area contributed by atoms with E-state index in [9.17, 15) is 19.6 Å². The van der Waals surface area contributed by atoms with Crippen LogP contribution in [0.3, 0.4) is 0 Å². The molecule has 2 aromatic heterocycles. The van der Waals surface area contributed by atoms with Gasteiger partial charge in [-0.25, -0.2) is 13.6 Å². The Morgan fingerprint density at radius 3 is 2.81 bits per heavy atom. The van der Waals surface area contributed by atoms with E-state index in [1.807, 2.05) is 18.4 Å². The number of carbonyl (C=O) groups is 1. The van der Waals surface area contributed by atoms with Crippen LogP contribution in [-0.2, 0) is 14.9 Å². The number of nitrogens with one attached hydrogen (secondary N) is 1. The number of aliphatic carboxylic acids is 1. The van der Waals surface area contributed by atoms with Crippen molar-refractivity contribution in [1.29, 1.82) is 5.26 Å². The second kappa shape index (κ2) is 8.56. The van der Waals surface area contributed by atoms with Crippen LogP contribution in [0.1, 0.15) is 50.8 Å². The summed E-state index contributed by atoms with van der Waals surface area (Å²) in [4.78, 5) is 12.0. The lowest BCUT2D eigenvalue weighted by molar-refractivity contribution is -0.157.